The van der Waals surface area contributed by atoms with Gasteiger partial charge in [0.2, 0.25) is 21.8 Å². The zero-order valence-electron chi connectivity index (χ0n) is 21.4. The summed E-state index contributed by atoms with van der Waals surface area (Å²) in [5.41, 5.74) is 1.05. The van der Waals surface area contributed by atoms with Crippen molar-refractivity contribution in [1.82, 2.24) is 19.4 Å². The van der Waals surface area contributed by atoms with Crippen LogP contribution in [0.4, 0.5) is 0 Å². The molecule has 210 valence electrons. The zero-order valence-corrected chi connectivity index (χ0v) is 22.2. The van der Waals surface area contributed by atoms with Crippen LogP contribution in [0.1, 0.15) is 18.4 Å². The van der Waals surface area contributed by atoms with E-state index in [9.17, 15) is 28.2 Å². The lowest BCUT2D eigenvalue weighted by Gasteiger charge is -2.38. The van der Waals surface area contributed by atoms with E-state index in [1.165, 1.54) is 0 Å². The van der Waals surface area contributed by atoms with Crippen molar-refractivity contribution in [2.45, 2.75) is 62.0 Å². The number of morpholine rings is 1. The molecule has 1 aromatic rings. The molecule has 3 N–H and O–H groups in total. The number of nitrogens with one attached hydrogen (secondary N) is 1. The first kappa shape index (κ1) is 27.4. The summed E-state index contributed by atoms with van der Waals surface area (Å²) in [4.78, 5) is 30.5. The minimum atomic E-state index is -3.73. The number of likely N-dealkylation sites (tertiary alicyclic amines) is 1. The molecule has 0 aliphatic carbocycles. The van der Waals surface area contributed by atoms with Gasteiger partial charge in [-0.1, -0.05) is 30.3 Å². The van der Waals surface area contributed by atoms with Gasteiger partial charge < -0.3 is 29.9 Å². The van der Waals surface area contributed by atoms with Crippen molar-refractivity contribution in [2.24, 2.45) is 0 Å². The summed E-state index contributed by atoms with van der Waals surface area (Å²) < 4.78 is 38.0. The lowest BCUT2D eigenvalue weighted by Crippen LogP contribution is -2.55. The number of benzene rings is 1. The largest absolute Gasteiger partial charge is 0.388 e. The second kappa shape index (κ2) is 11.2. The van der Waals surface area contributed by atoms with E-state index in [1.807, 2.05) is 30.3 Å². The van der Waals surface area contributed by atoms with Crippen molar-refractivity contribution in [3.05, 3.63) is 35.9 Å². The predicted octanol–water partition coefficient (Wildman–Crippen LogP) is -1.87. The van der Waals surface area contributed by atoms with Gasteiger partial charge in [0.25, 0.3) is 0 Å². The third kappa shape index (κ3) is 6.03. The van der Waals surface area contributed by atoms with Crippen LogP contribution < -0.4 is 5.32 Å². The van der Waals surface area contributed by atoms with E-state index in [0.29, 0.717) is 26.1 Å². The van der Waals surface area contributed by atoms with E-state index in [4.69, 9.17) is 9.47 Å². The fourth-order valence-corrected chi connectivity index (χ4v) is 6.74. The maximum Gasteiger partial charge on any atom is 0.240 e. The number of aliphatic hydroxyl groups is 2. The van der Waals surface area contributed by atoms with Gasteiger partial charge in [0.05, 0.1) is 37.5 Å². The molecule has 0 radical (unpaired) electrons. The van der Waals surface area contributed by atoms with Gasteiger partial charge >= 0.3 is 0 Å². The molecule has 4 aliphatic rings. The molecule has 0 aromatic heterocycles. The van der Waals surface area contributed by atoms with Crippen molar-refractivity contribution in [3.8, 4) is 0 Å². The number of aliphatic hydroxyl groups excluding tert-OH is 2. The standard InChI is InChI=1S/C25H36N4O8S/c1-38(34,35)29-14-18-13-27(7-8-36-18)25(33)19-9-17(12-28(19)11-16-5-3-2-4-6-16)26-22(30)10-20-23(31)24(32)21(15-29)37-20/h2-6,17-21,23-24,31-32H,7-15H2,1H3,(H,26,30)/t17-,18-,19-,20-,21+,23-,24+/m0/s1. The molecule has 0 saturated carbocycles. The van der Waals surface area contributed by atoms with Crippen molar-refractivity contribution in [3.63, 3.8) is 0 Å². The first-order valence-electron chi connectivity index (χ1n) is 13.0. The van der Waals surface area contributed by atoms with Gasteiger partial charge in [-0.3, -0.25) is 14.5 Å². The van der Waals surface area contributed by atoms with E-state index in [0.717, 1.165) is 16.1 Å². The number of carbonyl (C=O) groups is 2. The Labute approximate surface area is 222 Å². The molecule has 1 aromatic carbocycles. The fraction of sp³-hybridized carbons (Fsp3) is 0.680. The van der Waals surface area contributed by atoms with Gasteiger partial charge in [0.15, 0.2) is 0 Å². The first-order chi connectivity index (χ1) is 18.1. The fourth-order valence-electron chi connectivity index (χ4n) is 5.89. The average molecular weight is 553 g/mol. The lowest BCUT2D eigenvalue weighted by molar-refractivity contribution is -0.144. The van der Waals surface area contributed by atoms with E-state index in [-0.39, 0.29) is 50.5 Å². The predicted molar refractivity (Wildman–Crippen MR) is 135 cm³/mol. The number of hydrogen-bond donors (Lipinski definition) is 3. The van der Waals surface area contributed by atoms with E-state index in [1.54, 1.807) is 4.90 Å². The van der Waals surface area contributed by atoms with Gasteiger partial charge in [0, 0.05) is 45.3 Å². The van der Waals surface area contributed by atoms with Crippen LogP contribution in [-0.2, 0) is 35.6 Å². The molecule has 12 nitrogen and oxygen atoms in total. The number of ether oxygens (including phenoxy) is 2. The minimum Gasteiger partial charge on any atom is -0.388 e. The van der Waals surface area contributed by atoms with Gasteiger partial charge in [0.1, 0.15) is 18.3 Å². The highest BCUT2D eigenvalue weighted by Gasteiger charge is 2.46. The van der Waals surface area contributed by atoms with E-state index >= 15 is 0 Å². The normalized spacial score (nSPS) is 35.9. The van der Waals surface area contributed by atoms with Crippen LogP contribution in [0.25, 0.3) is 0 Å². The molecule has 5 rings (SSSR count). The first-order valence-corrected chi connectivity index (χ1v) is 14.9. The van der Waals surface area contributed by atoms with Crippen molar-refractivity contribution < 1.29 is 37.7 Å². The quantitative estimate of drug-likeness (QED) is 0.392. The number of fused-ring (bicyclic) bond motifs is 6. The number of rotatable bonds is 3. The average Bonchev–Trinajstić information content (AvgIpc) is 3.38. The van der Waals surface area contributed by atoms with E-state index < -0.39 is 46.6 Å². The second-order valence-electron chi connectivity index (χ2n) is 10.7. The Hall–Kier alpha value is -2.13. The number of carbonyl (C=O) groups excluding carboxylic acids is 2. The van der Waals surface area contributed by atoms with Crippen LogP contribution in [0.3, 0.4) is 0 Å². The molecular weight excluding hydrogens is 516 g/mol. The van der Waals surface area contributed by atoms with E-state index in [2.05, 4.69) is 10.2 Å². The van der Waals surface area contributed by atoms with Gasteiger partial charge in [-0.15, -0.1) is 0 Å². The number of nitrogens with zero attached hydrogens (tertiary/aromatic N) is 3. The van der Waals surface area contributed by atoms with Crippen LogP contribution in [-0.4, -0.2) is 133 Å². The van der Waals surface area contributed by atoms with Crippen molar-refractivity contribution in [2.75, 3.05) is 45.6 Å². The Bertz CT molecular complexity index is 1120. The molecule has 0 spiro atoms. The molecule has 4 heterocycles. The Morgan fingerprint density at radius 2 is 1.76 bits per heavy atom. The third-order valence-electron chi connectivity index (χ3n) is 7.84. The minimum absolute atomic E-state index is 0.0303. The van der Waals surface area contributed by atoms with Crippen LogP contribution >= 0.6 is 0 Å². The summed E-state index contributed by atoms with van der Waals surface area (Å²) in [6, 6.07) is 9.07. The van der Waals surface area contributed by atoms with Gasteiger partial charge in [-0.05, 0) is 12.0 Å². The number of hydrogen-bond acceptors (Lipinski definition) is 9. The molecule has 2 amide bonds. The summed E-state index contributed by atoms with van der Waals surface area (Å²) in [5, 5.41) is 24.1. The van der Waals surface area contributed by atoms with Crippen molar-refractivity contribution in [1.29, 1.82) is 0 Å². The molecule has 13 heteroatoms. The molecule has 6 bridgehead atoms. The van der Waals surface area contributed by atoms with Crippen LogP contribution in [0, 0.1) is 0 Å². The SMILES string of the molecule is CS(=O)(=O)N1C[C@@H]2CN(CCO2)C(=O)[C@@H]2C[C@@H](CN2Cc2ccccc2)NC(=O)C[C@@H]2O[C@H](C1)[C@@H](O)[C@H]2O. The summed E-state index contributed by atoms with van der Waals surface area (Å²) in [6.45, 7) is 1.65. The maximum absolute atomic E-state index is 13.8. The number of sulfonamides is 1. The van der Waals surface area contributed by atoms with Gasteiger partial charge in [-0.25, -0.2) is 8.42 Å². The maximum atomic E-state index is 13.8. The lowest BCUT2D eigenvalue weighted by atomic mass is 10.0. The molecule has 4 aliphatic heterocycles. The summed E-state index contributed by atoms with van der Waals surface area (Å²) in [5.74, 6) is -0.434. The molecule has 38 heavy (non-hydrogen) atoms. The molecule has 7 atom stereocenters. The van der Waals surface area contributed by atoms with Crippen LogP contribution in [0.5, 0.6) is 0 Å². The number of amides is 2. The zero-order chi connectivity index (χ0) is 27.0. The monoisotopic (exact) mass is 552 g/mol. The van der Waals surface area contributed by atoms with Gasteiger partial charge in [-0.2, -0.15) is 4.31 Å². The highest BCUT2D eigenvalue weighted by molar-refractivity contribution is 7.88. The summed E-state index contributed by atoms with van der Waals surface area (Å²) in [7, 11) is -3.73. The smallest absolute Gasteiger partial charge is 0.240 e. The van der Waals surface area contributed by atoms with Crippen LogP contribution in [0.2, 0.25) is 0 Å². The summed E-state index contributed by atoms with van der Waals surface area (Å²) in [6.07, 6.45) is -3.96. The topological polar surface area (TPSA) is 149 Å². The highest BCUT2D eigenvalue weighted by Crippen LogP contribution is 2.28. The summed E-state index contributed by atoms with van der Waals surface area (Å²) >= 11 is 0. The molecule has 0 unspecified atom stereocenters. The molecule has 4 saturated heterocycles. The van der Waals surface area contributed by atoms with Crippen molar-refractivity contribution >= 4 is 21.8 Å². The Morgan fingerprint density at radius 1 is 1.03 bits per heavy atom. The second-order valence-corrected chi connectivity index (χ2v) is 12.7. The third-order valence-corrected chi connectivity index (χ3v) is 9.08. The molecular formula is C25H36N4O8S. The molecule has 4 fully saturated rings. The highest BCUT2D eigenvalue weighted by atomic mass is 32.2. The Kier molecular flexibility index (Phi) is 8.06. The Balaban J connectivity index is 1.42. The Morgan fingerprint density at radius 3 is 2.50 bits per heavy atom. The van der Waals surface area contributed by atoms with Crippen LogP contribution in [0.15, 0.2) is 30.3 Å².